The highest BCUT2D eigenvalue weighted by molar-refractivity contribution is 6.51. The van der Waals surface area contributed by atoms with Crippen molar-refractivity contribution in [2.45, 2.75) is 26.3 Å². The zero-order valence-corrected chi connectivity index (χ0v) is 8.00. The fourth-order valence-corrected chi connectivity index (χ4v) is 1.25. The van der Waals surface area contributed by atoms with Gasteiger partial charge in [-0.3, -0.25) is 9.84 Å². The van der Waals surface area contributed by atoms with Crippen molar-refractivity contribution < 1.29 is 0 Å². The minimum absolute atomic E-state index is 0.163. The summed E-state index contributed by atoms with van der Waals surface area (Å²) >= 11 is 0. The van der Waals surface area contributed by atoms with E-state index in [2.05, 4.69) is 38.2 Å². The number of nitrogens with zero attached hydrogens (tertiary/aromatic N) is 3. The summed E-state index contributed by atoms with van der Waals surface area (Å²) < 4.78 is 2.05. The third-order valence-corrected chi connectivity index (χ3v) is 1.67. The van der Waals surface area contributed by atoms with Crippen LogP contribution in [-0.2, 0) is 0 Å². The van der Waals surface area contributed by atoms with Gasteiger partial charge >= 0.3 is 15.1 Å². The highest BCUT2D eigenvalue weighted by Crippen LogP contribution is 2.17. The lowest BCUT2D eigenvalue weighted by atomic mass is 9.96. The largest absolute Gasteiger partial charge is 0.364 e. The quantitative estimate of drug-likeness (QED) is 0.449. The Kier molecular flexibility index (Phi) is 2.32. The molecule has 2 radical (unpaired) electrons. The Bertz CT molecular complexity index is 145. The third kappa shape index (κ3) is 1.98. The molecule has 1 rings (SSSR count). The van der Waals surface area contributed by atoms with E-state index in [9.17, 15) is 0 Å². The van der Waals surface area contributed by atoms with Gasteiger partial charge in [-0.1, -0.05) is 0 Å². The Morgan fingerprint density at radius 3 is 1.73 bits per heavy atom. The highest BCUT2D eigenvalue weighted by Gasteiger charge is 2.33. The van der Waals surface area contributed by atoms with Crippen LogP contribution in [0.4, 0.5) is 0 Å². The monoisotopic (exact) mass is 151 g/mol. The van der Waals surface area contributed by atoms with Crippen LogP contribution >= 0.6 is 0 Å². The summed E-state index contributed by atoms with van der Waals surface area (Å²) in [5, 5.41) is 0. The molecular formula is C6H15B2N3. The first-order valence-corrected chi connectivity index (χ1v) is 3.85. The third-order valence-electron chi connectivity index (χ3n) is 1.67. The van der Waals surface area contributed by atoms with E-state index in [0.717, 1.165) is 0 Å². The minimum atomic E-state index is 0.163. The van der Waals surface area contributed by atoms with Gasteiger partial charge in [-0.05, 0) is 34.9 Å². The summed E-state index contributed by atoms with van der Waals surface area (Å²) in [6.45, 7) is 6.56. The predicted molar refractivity (Wildman–Crippen MR) is 48.6 cm³/mol. The van der Waals surface area contributed by atoms with Crippen LogP contribution in [0.3, 0.4) is 0 Å². The van der Waals surface area contributed by atoms with E-state index in [1.165, 1.54) is 0 Å². The summed E-state index contributed by atoms with van der Waals surface area (Å²) in [6, 6.07) is 0. The number of hydrazine groups is 1. The van der Waals surface area contributed by atoms with Gasteiger partial charge in [-0.15, -0.1) is 0 Å². The fourth-order valence-electron chi connectivity index (χ4n) is 1.25. The number of hydrogen-bond acceptors (Lipinski definition) is 3. The summed E-state index contributed by atoms with van der Waals surface area (Å²) in [7, 11) is 8.21. The first kappa shape index (κ1) is 9.10. The smallest absolute Gasteiger partial charge is 0.316 e. The maximum absolute atomic E-state index is 2.19. The van der Waals surface area contributed by atoms with Gasteiger partial charge in [0.15, 0.2) is 0 Å². The molecule has 1 heterocycles. The molecule has 1 fully saturated rings. The van der Waals surface area contributed by atoms with Crippen LogP contribution in [0.5, 0.6) is 0 Å². The van der Waals surface area contributed by atoms with Gasteiger partial charge in [-0.25, -0.2) is 0 Å². The molecule has 5 heteroatoms. The summed E-state index contributed by atoms with van der Waals surface area (Å²) in [6.07, 6.45) is 0. The first-order valence-electron chi connectivity index (χ1n) is 3.85. The molecule has 60 valence electrons. The molecule has 3 nitrogen and oxygen atoms in total. The van der Waals surface area contributed by atoms with Crippen LogP contribution in [0.2, 0.25) is 0 Å². The van der Waals surface area contributed by atoms with E-state index >= 15 is 0 Å². The summed E-state index contributed by atoms with van der Waals surface area (Å²) in [5.74, 6) is 0. The van der Waals surface area contributed by atoms with Crippen LogP contribution in [0.25, 0.3) is 0 Å². The molecule has 0 aromatic carbocycles. The average Bonchev–Trinajstić information content (AvgIpc) is 2.08. The minimum Gasteiger partial charge on any atom is -0.364 e. The van der Waals surface area contributed by atoms with Crippen molar-refractivity contribution in [1.29, 1.82) is 0 Å². The van der Waals surface area contributed by atoms with Crippen LogP contribution in [-0.4, -0.2) is 49.3 Å². The van der Waals surface area contributed by atoms with Gasteiger partial charge in [0.1, 0.15) is 0 Å². The van der Waals surface area contributed by atoms with E-state index in [-0.39, 0.29) is 5.54 Å². The average molecular weight is 151 g/mol. The molecule has 0 unspecified atom stereocenters. The van der Waals surface area contributed by atoms with E-state index in [4.69, 9.17) is 0 Å². The van der Waals surface area contributed by atoms with Gasteiger partial charge in [0.05, 0.1) is 0 Å². The van der Waals surface area contributed by atoms with Crippen molar-refractivity contribution in [2.24, 2.45) is 0 Å². The van der Waals surface area contributed by atoms with E-state index in [1.807, 2.05) is 26.4 Å². The summed E-state index contributed by atoms with van der Waals surface area (Å²) in [5.41, 5.74) is 0.163. The SMILES string of the molecule is CN1[B]N(C)N(C(C)(C)C)[B]1. The first-order chi connectivity index (χ1) is 4.91. The topological polar surface area (TPSA) is 9.72 Å². The van der Waals surface area contributed by atoms with Crippen molar-refractivity contribution >= 4 is 15.1 Å². The summed E-state index contributed by atoms with van der Waals surface area (Å²) in [4.78, 5) is 4.27. The standard InChI is InChI=1S/C6H15B2N3/c1-6(2,3)11-8-9(4)7-10(11)5/h1-5H3. The molecule has 0 bridgehead atoms. The predicted octanol–water partition coefficient (Wildman–Crippen LogP) is -0.0525. The van der Waals surface area contributed by atoms with E-state index in [0.29, 0.717) is 0 Å². The molecule has 1 aliphatic rings. The molecular weight excluding hydrogens is 136 g/mol. The zero-order valence-electron chi connectivity index (χ0n) is 8.00. The fraction of sp³-hybridized carbons (Fsp3) is 1.00. The van der Waals surface area contributed by atoms with Crippen LogP contribution in [0, 0.1) is 0 Å². The molecule has 0 amide bonds. The van der Waals surface area contributed by atoms with Gasteiger partial charge < -0.3 is 4.72 Å². The van der Waals surface area contributed by atoms with Crippen LogP contribution in [0.15, 0.2) is 0 Å². The Morgan fingerprint density at radius 1 is 1.00 bits per heavy atom. The Morgan fingerprint density at radius 2 is 1.55 bits per heavy atom. The second-order valence-electron chi connectivity index (χ2n) is 3.99. The molecule has 0 atom stereocenters. The molecule has 0 aromatic heterocycles. The lowest BCUT2D eigenvalue weighted by Crippen LogP contribution is -2.48. The van der Waals surface area contributed by atoms with E-state index in [1.54, 1.807) is 0 Å². The van der Waals surface area contributed by atoms with Crippen molar-refractivity contribution in [3.05, 3.63) is 0 Å². The van der Waals surface area contributed by atoms with Gasteiger partial charge in [0, 0.05) is 5.54 Å². The molecule has 11 heavy (non-hydrogen) atoms. The van der Waals surface area contributed by atoms with Crippen molar-refractivity contribution in [2.75, 3.05) is 14.1 Å². The van der Waals surface area contributed by atoms with Crippen molar-refractivity contribution in [3.63, 3.8) is 0 Å². The molecule has 0 aromatic rings. The number of hydrogen-bond donors (Lipinski definition) is 0. The van der Waals surface area contributed by atoms with Crippen molar-refractivity contribution in [3.8, 4) is 0 Å². The Balaban J connectivity index is 2.60. The van der Waals surface area contributed by atoms with Crippen LogP contribution < -0.4 is 0 Å². The van der Waals surface area contributed by atoms with Crippen LogP contribution in [0.1, 0.15) is 20.8 Å². The van der Waals surface area contributed by atoms with Gasteiger partial charge in [0.25, 0.3) is 0 Å². The lowest BCUT2D eigenvalue weighted by Gasteiger charge is -2.36. The molecule has 0 spiro atoms. The second kappa shape index (κ2) is 2.81. The molecule has 0 saturated carbocycles. The molecule has 1 saturated heterocycles. The molecule has 0 N–H and O–H groups in total. The Labute approximate surface area is 70.9 Å². The van der Waals surface area contributed by atoms with Gasteiger partial charge in [-0.2, -0.15) is 0 Å². The zero-order chi connectivity index (χ0) is 8.65. The highest BCUT2D eigenvalue weighted by atomic mass is 15.6. The second-order valence-corrected chi connectivity index (χ2v) is 3.99. The Hall–Kier alpha value is 0.00987. The maximum atomic E-state index is 2.19. The van der Waals surface area contributed by atoms with Gasteiger partial charge in [0.2, 0.25) is 0 Å². The van der Waals surface area contributed by atoms with Crippen molar-refractivity contribution in [1.82, 2.24) is 14.6 Å². The lowest BCUT2D eigenvalue weighted by molar-refractivity contribution is 0.0991. The normalized spacial score (nSPS) is 23.4. The number of rotatable bonds is 0. The molecule has 0 aliphatic carbocycles. The molecule has 1 aliphatic heterocycles. The maximum Gasteiger partial charge on any atom is 0.316 e. The van der Waals surface area contributed by atoms with E-state index < -0.39 is 0 Å².